The van der Waals surface area contributed by atoms with E-state index < -0.39 is 12.1 Å². The van der Waals surface area contributed by atoms with Crippen LogP contribution in [0.2, 0.25) is 0 Å². The van der Waals surface area contributed by atoms with E-state index in [0.29, 0.717) is 5.41 Å². The Morgan fingerprint density at radius 2 is 1.73 bits per heavy atom. The molecule has 2 aliphatic heterocycles. The van der Waals surface area contributed by atoms with Gasteiger partial charge in [-0.2, -0.15) is 13.2 Å². The average molecular weight is 431 g/mol. The number of carboxylic acid groups (broad SMARTS) is 1. The molecule has 2 fully saturated rings. The predicted molar refractivity (Wildman–Crippen MR) is 110 cm³/mol. The number of methoxy groups -OCH3 is 1. The molecule has 1 spiro atoms. The number of likely N-dealkylation sites (tertiary alicyclic amines) is 2. The molecule has 1 aromatic carbocycles. The Balaban J connectivity index is 0.000000396. The fraction of sp³-hybridized carbons (Fsp3) is 0.682. The van der Waals surface area contributed by atoms with Gasteiger partial charge in [0.15, 0.2) is 0 Å². The van der Waals surface area contributed by atoms with Crippen LogP contribution in [0.15, 0.2) is 24.3 Å². The number of aliphatic carboxylic acids is 1. The summed E-state index contributed by atoms with van der Waals surface area (Å²) in [6.07, 6.45) is -0.915. The van der Waals surface area contributed by atoms with Crippen LogP contribution in [0.1, 0.15) is 38.7 Å². The van der Waals surface area contributed by atoms with Crippen molar-refractivity contribution in [3.05, 3.63) is 29.8 Å². The summed E-state index contributed by atoms with van der Waals surface area (Å²) in [5.74, 6) is -1.03. The minimum atomic E-state index is -5.08. The molecule has 2 aliphatic rings. The Morgan fingerprint density at radius 1 is 1.13 bits per heavy atom. The maximum Gasteiger partial charge on any atom is 0.490 e. The molecule has 2 heterocycles. The van der Waals surface area contributed by atoms with Crippen molar-refractivity contribution in [2.45, 2.75) is 45.8 Å². The molecule has 0 aromatic heterocycles. The van der Waals surface area contributed by atoms with Crippen molar-refractivity contribution >= 4 is 5.97 Å². The van der Waals surface area contributed by atoms with E-state index in [9.17, 15) is 13.2 Å². The van der Waals surface area contributed by atoms with Gasteiger partial charge in [-0.25, -0.2) is 4.79 Å². The number of ether oxygens (including phenoxy) is 1. The van der Waals surface area contributed by atoms with E-state index in [2.05, 4.69) is 47.9 Å². The molecule has 1 atom stereocenters. The molecule has 1 unspecified atom stereocenters. The number of piperidine rings is 1. The zero-order chi connectivity index (χ0) is 22.4. The van der Waals surface area contributed by atoms with E-state index in [0.717, 1.165) is 18.2 Å². The lowest BCUT2D eigenvalue weighted by atomic mass is 9.79. The summed E-state index contributed by atoms with van der Waals surface area (Å²) in [6.45, 7) is 12.2. The maximum atomic E-state index is 10.6. The van der Waals surface area contributed by atoms with Crippen LogP contribution in [0, 0.1) is 11.3 Å². The fourth-order valence-electron chi connectivity index (χ4n) is 4.47. The second-order valence-electron chi connectivity index (χ2n) is 8.84. The lowest BCUT2D eigenvalue weighted by Gasteiger charge is -2.41. The minimum absolute atomic E-state index is 0.555. The van der Waals surface area contributed by atoms with Crippen molar-refractivity contribution in [3.63, 3.8) is 0 Å². The van der Waals surface area contributed by atoms with Gasteiger partial charge in [0.25, 0.3) is 0 Å². The fourth-order valence-corrected chi connectivity index (χ4v) is 4.47. The van der Waals surface area contributed by atoms with Gasteiger partial charge in [0.05, 0.1) is 7.11 Å². The van der Waals surface area contributed by atoms with Gasteiger partial charge >= 0.3 is 12.1 Å². The first-order chi connectivity index (χ1) is 14.0. The quantitative estimate of drug-likeness (QED) is 0.756. The van der Waals surface area contributed by atoms with Crippen molar-refractivity contribution in [2.75, 3.05) is 39.8 Å². The number of nitrogens with zero attached hydrogens (tertiary/aromatic N) is 2. The van der Waals surface area contributed by atoms with Gasteiger partial charge in [0.2, 0.25) is 0 Å². The van der Waals surface area contributed by atoms with Gasteiger partial charge in [-0.1, -0.05) is 26.0 Å². The normalized spacial score (nSPS) is 22.8. The first-order valence-electron chi connectivity index (χ1n) is 10.4. The molecule has 170 valence electrons. The van der Waals surface area contributed by atoms with Crippen LogP contribution in [0.25, 0.3) is 0 Å². The SMILES string of the molecule is COc1ccc(CN2CCC3(CCCN(CC(C)C)C3)C2)cc1.O=C(O)C(F)(F)F. The molecule has 30 heavy (non-hydrogen) atoms. The number of hydrogen-bond donors (Lipinski definition) is 1. The number of halogens is 3. The van der Waals surface area contributed by atoms with Crippen LogP contribution in [-0.2, 0) is 11.3 Å². The Morgan fingerprint density at radius 3 is 2.27 bits per heavy atom. The molecule has 1 N–H and O–H groups in total. The van der Waals surface area contributed by atoms with E-state index in [1.165, 1.54) is 57.5 Å². The number of rotatable bonds is 5. The third-order valence-corrected chi connectivity index (χ3v) is 5.69. The predicted octanol–water partition coefficient (Wildman–Crippen LogP) is 4.27. The van der Waals surface area contributed by atoms with E-state index in [-0.39, 0.29) is 0 Å². The molecule has 1 aromatic rings. The monoisotopic (exact) mass is 430 g/mol. The average Bonchev–Trinajstić information content (AvgIpc) is 3.03. The van der Waals surface area contributed by atoms with Crippen LogP contribution in [0.4, 0.5) is 13.2 Å². The smallest absolute Gasteiger partial charge is 0.490 e. The standard InChI is InChI=1S/C20H32N2O.C2HF3O2/c1-17(2)13-21-11-4-9-20(15-21)10-12-22(16-20)14-18-5-7-19(23-3)8-6-18;3-2(4,5)1(6)7/h5-8,17H,4,9-16H2,1-3H3;(H,6,7). The summed E-state index contributed by atoms with van der Waals surface area (Å²) in [5, 5.41) is 7.12. The summed E-state index contributed by atoms with van der Waals surface area (Å²) >= 11 is 0. The van der Waals surface area contributed by atoms with E-state index in [1.807, 2.05) is 0 Å². The highest BCUT2D eigenvalue weighted by Crippen LogP contribution is 2.39. The molecule has 0 aliphatic carbocycles. The molecular formula is C22H33F3N2O3. The van der Waals surface area contributed by atoms with E-state index >= 15 is 0 Å². The van der Waals surface area contributed by atoms with Crippen molar-refractivity contribution < 1.29 is 27.8 Å². The zero-order valence-electron chi connectivity index (χ0n) is 18.0. The topological polar surface area (TPSA) is 53.0 Å². The maximum absolute atomic E-state index is 10.6. The van der Waals surface area contributed by atoms with Gasteiger partial charge in [0.1, 0.15) is 5.75 Å². The van der Waals surface area contributed by atoms with Gasteiger partial charge in [0, 0.05) is 26.2 Å². The third-order valence-electron chi connectivity index (χ3n) is 5.69. The van der Waals surface area contributed by atoms with Gasteiger partial charge in [-0.15, -0.1) is 0 Å². The van der Waals surface area contributed by atoms with Crippen LogP contribution in [0.3, 0.4) is 0 Å². The summed E-state index contributed by atoms with van der Waals surface area (Å²) in [6, 6.07) is 8.56. The first-order valence-corrected chi connectivity index (χ1v) is 10.4. The molecule has 0 saturated carbocycles. The van der Waals surface area contributed by atoms with Crippen LogP contribution >= 0.6 is 0 Å². The molecular weight excluding hydrogens is 397 g/mol. The van der Waals surface area contributed by atoms with Crippen molar-refractivity contribution in [1.82, 2.24) is 9.80 Å². The molecule has 5 nitrogen and oxygen atoms in total. The van der Waals surface area contributed by atoms with Gasteiger partial charge in [-0.3, -0.25) is 4.90 Å². The summed E-state index contributed by atoms with van der Waals surface area (Å²) in [4.78, 5) is 14.3. The molecule has 0 amide bonds. The Hall–Kier alpha value is -1.80. The largest absolute Gasteiger partial charge is 0.497 e. The highest BCUT2D eigenvalue weighted by atomic mass is 19.4. The molecule has 0 bridgehead atoms. The Kier molecular flexibility index (Phi) is 8.55. The zero-order valence-corrected chi connectivity index (χ0v) is 18.0. The second-order valence-corrected chi connectivity index (χ2v) is 8.84. The Bertz CT molecular complexity index is 679. The van der Waals surface area contributed by atoms with Crippen molar-refractivity contribution in [2.24, 2.45) is 11.3 Å². The lowest BCUT2D eigenvalue weighted by Crippen LogP contribution is -2.45. The summed E-state index contributed by atoms with van der Waals surface area (Å²) in [7, 11) is 1.73. The number of hydrogen-bond acceptors (Lipinski definition) is 4. The van der Waals surface area contributed by atoms with Crippen molar-refractivity contribution in [1.29, 1.82) is 0 Å². The number of carboxylic acids is 1. The number of carbonyl (C=O) groups is 1. The van der Waals surface area contributed by atoms with Gasteiger partial charge in [-0.05, 0) is 61.4 Å². The summed E-state index contributed by atoms with van der Waals surface area (Å²) < 4.78 is 37.0. The first kappa shape index (κ1) is 24.5. The Labute approximate surface area is 176 Å². The third kappa shape index (κ3) is 7.47. The minimum Gasteiger partial charge on any atom is -0.497 e. The molecule has 8 heteroatoms. The number of benzene rings is 1. The van der Waals surface area contributed by atoms with Crippen molar-refractivity contribution in [3.8, 4) is 5.75 Å². The highest BCUT2D eigenvalue weighted by molar-refractivity contribution is 5.73. The molecule has 3 rings (SSSR count). The van der Waals surface area contributed by atoms with Gasteiger partial charge < -0.3 is 14.7 Å². The van der Waals surface area contributed by atoms with Crippen LogP contribution in [0.5, 0.6) is 5.75 Å². The lowest BCUT2D eigenvalue weighted by molar-refractivity contribution is -0.192. The number of alkyl halides is 3. The van der Waals surface area contributed by atoms with Crippen LogP contribution in [-0.4, -0.2) is 66.9 Å². The second kappa shape index (κ2) is 10.5. The molecule has 2 saturated heterocycles. The highest BCUT2D eigenvalue weighted by Gasteiger charge is 2.41. The van der Waals surface area contributed by atoms with E-state index in [1.54, 1.807) is 7.11 Å². The molecule has 0 radical (unpaired) electrons. The summed E-state index contributed by atoms with van der Waals surface area (Å²) in [5.41, 5.74) is 1.96. The van der Waals surface area contributed by atoms with E-state index in [4.69, 9.17) is 14.6 Å². The van der Waals surface area contributed by atoms with Crippen LogP contribution < -0.4 is 4.74 Å².